The van der Waals surface area contributed by atoms with Crippen molar-refractivity contribution in [2.24, 2.45) is 0 Å². The second-order valence-corrected chi connectivity index (χ2v) is 3.67. The average Bonchev–Trinajstić information content (AvgIpc) is 2.25. The van der Waals surface area contributed by atoms with Gasteiger partial charge in [0.25, 0.3) is 0 Å². The Morgan fingerprint density at radius 1 is 1.44 bits per heavy atom. The van der Waals surface area contributed by atoms with Gasteiger partial charge in [-0.15, -0.1) is 0 Å². The molecule has 0 saturated heterocycles. The van der Waals surface area contributed by atoms with Crippen molar-refractivity contribution in [3.8, 4) is 17.2 Å². The van der Waals surface area contributed by atoms with E-state index in [-0.39, 0.29) is 28.5 Å². The summed E-state index contributed by atoms with van der Waals surface area (Å²) in [5.41, 5.74) is 0.210. The monoisotopic (exact) mass is 244 g/mol. The van der Waals surface area contributed by atoms with E-state index in [0.29, 0.717) is 19.0 Å². The van der Waals surface area contributed by atoms with Gasteiger partial charge in [0, 0.05) is 5.56 Å². The molecule has 0 aromatic heterocycles. The van der Waals surface area contributed by atoms with Gasteiger partial charge in [-0.1, -0.05) is 11.6 Å². The second kappa shape index (κ2) is 4.09. The first kappa shape index (κ1) is 10.9. The lowest BCUT2D eigenvalue weighted by molar-refractivity contribution is -0.136. The third-order valence-electron chi connectivity index (χ3n) is 2.17. The van der Waals surface area contributed by atoms with Gasteiger partial charge in [0.1, 0.15) is 24.0 Å². The normalized spacial score (nSPS) is 13.6. The fourth-order valence-corrected chi connectivity index (χ4v) is 1.75. The van der Waals surface area contributed by atoms with Crippen molar-refractivity contribution in [3.63, 3.8) is 0 Å². The third kappa shape index (κ3) is 1.86. The number of rotatable bonds is 2. The molecule has 0 fully saturated rings. The molecule has 16 heavy (non-hydrogen) atoms. The first-order valence-electron chi connectivity index (χ1n) is 4.61. The number of carboxylic acid groups (broad SMARTS) is 1. The van der Waals surface area contributed by atoms with E-state index >= 15 is 0 Å². The number of phenolic OH excluding ortho intramolecular Hbond substituents is 1. The summed E-state index contributed by atoms with van der Waals surface area (Å²) >= 11 is 5.85. The van der Waals surface area contributed by atoms with E-state index < -0.39 is 5.97 Å². The predicted octanol–water partition coefficient (Wildman–Crippen LogP) is 1.44. The maximum atomic E-state index is 10.6. The maximum absolute atomic E-state index is 10.6. The third-order valence-corrected chi connectivity index (χ3v) is 2.52. The summed E-state index contributed by atoms with van der Waals surface area (Å²) < 4.78 is 10.5. The molecule has 2 N–H and O–H groups in total. The molecule has 1 aromatic carbocycles. The predicted molar refractivity (Wildman–Crippen MR) is 55.4 cm³/mol. The Kier molecular flexibility index (Phi) is 2.78. The topological polar surface area (TPSA) is 76.0 Å². The fraction of sp³-hybridized carbons (Fsp3) is 0.300. The molecule has 1 heterocycles. The maximum Gasteiger partial charge on any atom is 0.307 e. The lowest BCUT2D eigenvalue weighted by Crippen LogP contribution is -2.16. The van der Waals surface area contributed by atoms with Crippen molar-refractivity contribution in [1.29, 1.82) is 0 Å². The zero-order valence-electron chi connectivity index (χ0n) is 8.20. The minimum absolute atomic E-state index is 0.00606. The number of ether oxygens (including phenoxy) is 2. The molecule has 0 bridgehead atoms. The van der Waals surface area contributed by atoms with E-state index in [4.69, 9.17) is 26.2 Å². The summed E-state index contributed by atoms with van der Waals surface area (Å²) in [4.78, 5) is 10.6. The van der Waals surface area contributed by atoms with Gasteiger partial charge in [0.15, 0.2) is 11.5 Å². The molecule has 0 radical (unpaired) electrons. The minimum atomic E-state index is -1.05. The number of hydrogen-bond acceptors (Lipinski definition) is 4. The smallest absolute Gasteiger partial charge is 0.307 e. The number of fused-ring (bicyclic) bond motifs is 1. The van der Waals surface area contributed by atoms with E-state index in [9.17, 15) is 9.90 Å². The van der Waals surface area contributed by atoms with Crippen LogP contribution in [-0.4, -0.2) is 29.4 Å². The zero-order chi connectivity index (χ0) is 11.7. The average molecular weight is 245 g/mol. The Labute approximate surface area is 96.2 Å². The molecule has 0 spiro atoms. The Hall–Kier alpha value is -1.62. The molecular weight excluding hydrogens is 236 g/mol. The van der Waals surface area contributed by atoms with E-state index in [1.807, 2.05) is 0 Å². The quantitative estimate of drug-likeness (QED) is 0.823. The van der Waals surface area contributed by atoms with Gasteiger partial charge < -0.3 is 19.7 Å². The molecular formula is C10H9ClO5. The highest BCUT2D eigenvalue weighted by molar-refractivity contribution is 6.34. The molecule has 0 saturated carbocycles. The summed E-state index contributed by atoms with van der Waals surface area (Å²) in [5.74, 6) is -0.693. The molecule has 0 atom stereocenters. The van der Waals surface area contributed by atoms with Crippen LogP contribution in [-0.2, 0) is 11.2 Å². The van der Waals surface area contributed by atoms with Crippen molar-refractivity contribution in [2.75, 3.05) is 13.2 Å². The highest BCUT2D eigenvalue weighted by Crippen LogP contribution is 2.44. The zero-order valence-corrected chi connectivity index (χ0v) is 8.95. The largest absolute Gasteiger partial charge is 0.506 e. The summed E-state index contributed by atoms with van der Waals surface area (Å²) in [6, 6.07) is 1.43. The van der Waals surface area contributed by atoms with Crippen LogP contribution in [0.3, 0.4) is 0 Å². The van der Waals surface area contributed by atoms with Crippen molar-refractivity contribution in [1.82, 2.24) is 0 Å². The molecule has 0 unspecified atom stereocenters. The Morgan fingerprint density at radius 2 is 2.12 bits per heavy atom. The molecule has 86 valence electrons. The minimum Gasteiger partial charge on any atom is -0.506 e. The van der Waals surface area contributed by atoms with Crippen molar-refractivity contribution < 1.29 is 24.5 Å². The first-order valence-corrected chi connectivity index (χ1v) is 4.99. The summed E-state index contributed by atoms with van der Waals surface area (Å²) in [6.45, 7) is 0.727. The molecule has 1 aromatic rings. The molecule has 2 rings (SSSR count). The van der Waals surface area contributed by atoms with Crippen molar-refractivity contribution in [2.45, 2.75) is 6.42 Å². The number of aromatic hydroxyl groups is 1. The Bertz CT molecular complexity index is 443. The van der Waals surface area contributed by atoms with Crippen LogP contribution >= 0.6 is 11.6 Å². The molecule has 1 aliphatic heterocycles. The van der Waals surface area contributed by atoms with Gasteiger partial charge in [0.05, 0.1) is 6.42 Å². The van der Waals surface area contributed by atoms with Crippen molar-refractivity contribution in [3.05, 3.63) is 16.7 Å². The van der Waals surface area contributed by atoms with E-state index in [0.717, 1.165) is 0 Å². The van der Waals surface area contributed by atoms with Gasteiger partial charge >= 0.3 is 5.97 Å². The standard InChI is InChI=1S/C10H9ClO5/c11-8-9(14)5(4-7(12)13)3-6-10(8)16-2-1-15-6/h3,14H,1-2,4H2,(H,12,13). The van der Waals surface area contributed by atoms with Crippen LogP contribution in [0.4, 0.5) is 0 Å². The van der Waals surface area contributed by atoms with Crippen LogP contribution in [0.15, 0.2) is 6.07 Å². The number of aliphatic carboxylic acids is 1. The van der Waals surface area contributed by atoms with Crippen LogP contribution in [0.5, 0.6) is 17.2 Å². The fourth-order valence-electron chi connectivity index (χ4n) is 1.48. The lowest BCUT2D eigenvalue weighted by Gasteiger charge is -2.21. The van der Waals surface area contributed by atoms with E-state index in [2.05, 4.69) is 0 Å². The number of carboxylic acids is 1. The van der Waals surface area contributed by atoms with Crippen LogP contribution in [0.1, 0.15) is 5.56 Å². The number of carbonyl (C=O) groups is 1. The van der Waals surface area contributed by atoms with Gasteiger partial charge in [-0.3, -0.25) is 4.79 Å². The number of hydrogen-bond donors (Lipinski definition) is 2. The van der Waals surface area contributed by atoms with Gasteiger partial charge in [-0.2, -0.15) is 0 Å². The van der Waals surface area contributed by atoms with Crippen LogP contribution in [0.2, 0.25) is 5.02 Å². The summed E-state index contributed by atoms with van der Waals surface area (Å²) in [6.07, 6.45) is -0.317. The number of halogens is 1. The summed E-state index contributed by atoms with van der Waals surface area (Å²) in [5, 5.41) is 18.3. The van der Waals surface area contributed by atoms with Gasteiger partial charge in [0.2, 0.25) is 0 Å². The van der Waals surface area contributed by atoms with Crippen molar-refractivity contribution >= 4 is 17.6 Å². The van der Waals surface area contributed by atoms with Gasteiger partial charge in [-0.25, -0.2) is 0 Å². The highest BCUT2D eigenvalue weighted by Gasteiger charge is 2.22. The number of benzene rings is 1. The molecule has 0 amide bonds. The second-order valence-electron chi connectivity index (χ2n) is 3.29. The Morgan fingerprint density at radius 3 is 2.81 bits per heavy atom. The van der Waals surface area contributed by atoms with Crippen LogP contribution in [0.25, 0.3) is 0 Å². The SMILES string of the molecule is O=C(O)Cc1cc2c(c(Cl)c1O)OCCO2. The molecule has 0 aliphatic carbocycles. The molecule has 1 aliphatic rings. The first-order chi connectivity index (χ1) is 7.59. The molecule has 6 heteroatoms. The summed E-state index contributed by atoms with van der Waals surface area (Å²) in [7, 11) is 0. The van der Waals surface area contributed by atoms with Gasteiger partial charge in [-0.05, 0) is 6.07 Å². The van der Waals surface area contributed by atoms with E-state index in [1.54, 1.807) is 0 Å². The highest BCUT2D eigenvalue weighted by atomic mass is 35.5. The van der Waals surface area contributed by atoms with E-state index in [1.165, 1.54) is 6.07 Å². The van der Waals surface area contributed by atoms with Crippen LogP contribution in [0, 0.1) is 0 Å². The Balaban J connectivity index is 2.48. The lowest BCUT2D eigenvalue weighted by atomic mass is 10.1. The number of phenols is 1. The van der Waals surface area contributed by atoms with Crippen LogP contribution < -0.4 is 9.47 Å². The molecule has 5 nitrogen and oxygen atoms in total.